The standard InChI is InChI=1S/C12H14FNO3/c1-16-12(15)9-2-4-11(5-3-9)17-8-10(13)6-7-14/h2-6H,7-8,14H2,1H3/b10-6+. The molecule has 0 aromatic heterocycles. The van der Waals surface area contributed by atoms with Gasteiger partial charge in [0.1, 0.15) is 18.2 Å². The molecule has 5 heteroatoms. The third kappa shape index (κ3) is 4.24. The monoisotopic (exact) mass is 239 g/mol. The number of carbonyl (C=O) groups excluding carboxylic acids is 1. The highest BCUT2D eigenvalue weighted by Gasteiger charge is 2.04. The first-order valence-electron chi connectivity index (χ1n) is 5.03. The second kappa shape index (κ2) is 6.65. The van der Waals surface area contributed by atoms with E-state index in [9.17, 15) is 9.18 Å². The van der Waals surface area contributed by atoms with Crippen LogP contribution in [0.2, 0.25) is 0 Å². The lowest BCUT2D eigenvalue weighted by atomic mass is 10.2. The highest BCUT2D eigenvalue weighted by Crippen LogP contribution is 2.13. The highest BCUT2D eigenvalue weighted by molar-refractivity contribution is 5.89. The van der Waals surface area contributed by atoms with Gasteiger partial charge in [0.05, 0.1) is 12.7 Å². The van der Waals surface area contributed by atoms with Crippen molar-refractivity contribution in [2.24, 2.45) is 5.73 Å². The summed E-state index contributed by atoms with van der Waals surface area (Å²) >= 11 is 0. The summed E-state index contributed by atoms with van der Waals surface area (Å²) in [4.78, 5) is 11.1. The van der Waals surface area contributed by atoms with Gasteiger partial charge in [0, 0.05) is 6.54 Å². The number of hydrogen-bond donors (Lipinski definition) is 1. The van der Waals surface area contributed by atoms with Crippen LogP contribution in [0.1, 0.15) is 10.4 Å². The number of carbonyl (C=O) groups is 1. The van der Waals surface area contributed by atoms with Gasteiger partial charge in [0.25, 0.3) is 0 Å². The third-order valence-corrected chi connectivity index (χ3v) is 1.99. The lowest BCUT2D eigenvalue weighted by molar-refractivity contribution is 0.0600. The number of nitrogens with two attached hydrogens (primary N) is 1. The zero-order valence-corrected chi connectivity index (χ0v) is 9.48. The molecular formula is C12H14FNO3. The molecule has 0 spiro atoms. The zero-order chi connectivity index (χ0) is 12.7. The molecule has 0 aliphatic rings. The Morgan fingerprint density at radius 1 is 1.41 bits per heavy atom. The topological polar surface area (TPSA) is 61.5 Å². The maximum Gasteiger partial charge on any atom is 0.337 e. The molecule has 0 atom stereocenters. The van der Waals surface area contributed by atoms with E-state index in [4.69, 9.17) is 10.5 Å². The Bertz CT molecular complexity index is 401. The normalized spacial score (nSPS) is 11.1. The Balaban J connectivity index is 2.57. The smallest absolute Gasteiger partial charge is 0.337 e. The van der Waals surface area contributed by atoms with E-state index in [1.807, 2.05) is 0 Å². The number of ether oxygens (including phenoxy) is 2. The molecule has 1 aromatic rings. The molecule has 2 N–H and O–H groups in total. The molecule has 92 valence electrons. The molecule has 0 radical (unpaired) electrons. The van der Waals surface area contributed by atoms with Gasteiger partial charge in [-0.3, -0.25) is 0 Å². The highest BCUT2D eigenvalue weighted by atomic mass is 19.1. The molecule has 0 aliphatic heterocycles. The molecule has 0 saturated heterocycles. The number of methoxy groups -OCH3 is 1. The van der Waals surface area contributed by atoms with Crippen molar-refractivity contribution in [3.63, 3.8) is 0 Å². The van der Waals surface area contributed by atoms with Gasteiger partial charge >= 0.3 is 5.97 Å². The molecule has 17 heavy (non-hydrogen) atoms. The maximum atomic E-state index is 12.9. The van der Waals surface area contributed by atoms with E-state index >= 15 is 0 Å². The SMILES string of the molecule is COC(=O)c1ccc(OC/C(F)=C\CN)cc1. The summed E-state index contributed by atoms with van der Waals surface area (Å²) in [6.07, 6.45) is 1.24. The maximum absolute atomic E-state index is 12.9. The van der Waals surface area contributed by atoms with Gasteiger partial charge in [-0.15, -0.1) is 0 Å². The van der Waals surface area contributed by atoms with E-state index in [-0.39, 0.29) is 13.2 Å². The average molecular weight is 239 g/mol. The summed E-state index contributed by atoms with van der Waals surface area (Å²) in [6, 6.07) is 6.24. The Hall–Kier alpha value is -1.88. The van der Waals surface area contributed by atoms with Crippen molar-refractivity contribution in [1.29, 1.82) is 0 Å². The molecule has 1 rings (SSSR count). The van der Waals surface area contributed by atoms with E-state index in [0.717, 1.165) is 0 Å². The van der Waals surface area contributed by atoms with Crippen LogP contribution in [-0.2, 0) is 4.74 Å². The van der Waals surface area contributed by atoms with Crippen LogP contribution in [0.5, 0.6) is 5.75 Å². The molecule has 0 unspecified atom stereocenters. The van der Waals surface area contributed by atoms with Crippen molar-refractivity contribution in [2.45, 2.75) is 0 Å². The van der Waals surface area contributed by atoms with E-state index in [1.165, 1.54) is 13.2 Å². The van der Waals surface area contributed by atoms with Crippen molar-refractivity contribution in [2.75, 3.05) is 20.3 Å². The van der Waals surface area contributed by atoms with E-state index < -0.39 is 11.8 Å². The molecule has 0 fully saturated rings. The van der Waals surface area contributed by atoms with Gasteiger partial charge in [-0.1, -0.05) is 0 Å². The summed E-state index contributed by atoms with van der Waals surface area (Å²) < 4.78 is 22.6. The second-order valence-electron chi connectivity index (χ2n) is 3.19. The molecule has 1 aromatic carbocycles. The number of hydrogen-bond acceptors (Lipinski definition) is 4. The summed E-state index contributed by atoms with van der Waals surface area (Å²) in [5.41, 5.74) is 5.56. The molecule has 0 aliphatic carbocycles. The number of rotatable bonds is 5. The first kappa shape index (κ1) is 13.2. The number of halogens is 1. The van der Waals surface area contributed by atoms with Crippen molar-refractivity contribution in [3.05, 3.63) is 41.7 Å². The second-order valence-corrected chi connectivity index (χ2v) is 3.19. The minimum Gasteiger partial charge on any atom is -0.487 e. The third-order valence-electron chi connectivity index (χ3n) is 1.99. The predicted octanol–water partition coefficient (Wildman–Crippen LogP) is 1.66. The minimum atomic E-state index is -0.426. The van der Waals surface area contributed by atoms with Crippen molar-refractivity contribution >= 4 is 5.97 Å². The van der Waals surface area contributed by atoms with Crippen LogP contribution < -0.4 is 10.5 Å². The summed E-state index contributed by atoms with van der Waals surface area (Å²) in [6.45, 7) is -0.0365. The van der Waals surface area contributed by atoms with Gasteiger partial charge < -0.3 is 15.2 Å². The van der Waals surface area contributed by atoms with Gasteiger partial charge in [0.2, 0.25) is 0 Å². The Morgan fingerprint density at radius 2 is 2.06 bits per heavy atom. The molecule has 4 nitrogen and oxygen atoms in total. The van der Waals surface area contributed by atoms with E-state index in [2.05, 4.69) is 4.74 Å². The van der Waals surface area contributed by atoms with E-state index in [0.29, 0.717) is 11.3 Å². The molecule has 0 heterocycles. The van der Waals surface area contributed by atoms with Crippen molar-refractivity contribution in [1.82, 2.24) is 0 Å². The average Bonchev–Trinajstić information content (AvgIpc) is 2.36. The molecule has 0 bridgehead atoms. The molecule has 0 saturated carbocycles. The fourth-order valence-electron chi connectivity index (χ4n) is 1.14. The van der Waals surface area contributed by atoms with Crippen LogP contribution in [0.3, 0.4) is 0 Å². The molecule has 0 amide bonds. The van der Waals surface area contributed by atoms with Crippen LogP contribution in [-0.4, -0.2) is 26.2 Å². The van der Waals surface area contributed by atoms with Crippen LogP contribution in [0.15, 0.2) is 36.2 Å². The van der Waals surface area contributed by atoms with Crippen LogP contribution in [0.4, 0.5) is 4.39 Å². The fraction of sp³-hybridized carbons (Fsp3) is 0.250. The largest absolute Gasteiger partial charge is 0.487 e. The minimum absolute atomic E-state index is 0.135. The predicted molar refractivity (Wildman–Crippen MR) is 61.5 cm³/mol. The van der Waals surface area contributed by atoms with Gasteiger partial charge in [-0.25, -0.2) is 9.18 Å². The van der Waals surface area contributed by atoms with Crippen molar-refractivity contribution < 1.29 is 18.7 Å². The summed E-state index contributed by atoms with van der Waals surface area (Å²) in [5.74, 6) is -0.381. The lowest BCUT2D eigenvalue weighted by Gasteiger charge is -2.05. The van der Waals surface area contributed by atoms with Gasteiger partial charge in [0.15, 0.2) is 0 Å². The first-order chi connectivity index (χ1) is 8.17. The van der Waals surface area contributed by atoms with Crippen LogP contribution >= 0.6 is 0 Å². The summed E-state index contributed by atoms with van der Waals surface area (Å²) in [5, 5.41) is 0. The van der Waals surface area contributed by atoms with Crippen LogP contribution in [0.25, 0.3) is 0 Å². The van der Waals surface area contributed by atoms with Crippen molar-refractivity contribution in [3.8, 4) is 5.75 Å². The van der Waals surface area contributed by atoms with Gasteiger partial charge in [-0.05, 0) is 30.3 Å². The number of esters is 1. The molecular weight excluding hydrogens is 225 g/mol. The quantitative estimate of drug-likeness (QED) is 0.794. The Labute approximate surface area is 98.8 Å². The van der Waals surface area contributed by atoms with E-state index in [1.54, 1.807) is 24.3 Å². The fourth-order valence-corrected chi connectivity index (χ4v) is 1.14. The number of benzene rings is 1. The zero-order valence-electron chi connectivity index (χ0n) is 9.48. The Morgan fingerprint density at radius 3 is 2.59 bits per heavy atom. The lowest BCUT2D eigenvalue weighted by Crippen LogP contribution is -2.03. The van der Waals surface area contributed by atoms with Gasteiger partial charge in [-0.2, -0.15) is 0 Å². The summed E-state index contributed by atoms with van der Waals surface area (Å²) in [7, 11) is 1.31. The first-order valence-corrected chi connectivity index (χ1v) is 5.03. The Kier molecular flexibility index (Phi) is 5.16. The van der Waals surface area contributed by atoms with Crippen LogP contribution in [0, 0.1) is 0 Å².